The van der Waals surface area contributed by atoms with Crippen molar-refractivity contribution in [2.75, 3.05) is 6.61 Å². The number of benzene rings is 1. The van der Waals surface area contributed by atoms with E-state index in [-0.39, 0.29) is 17.2 Å². The largest absolute Gasteiger partial charge is 0.726 e. The molecule has 22 heavy (non-hydrogen) atoms. The Kier molecular flexibility index (Phi) is 6.35. The van der Waals surface area contributed by atoms with Crippen LogP contribution in [0.1, 0.15) is 18.9 Å². The standard InChI is InChI=1S/C10H11N2O2S.C2H6O4S/c1-3-11-7(2)15-10-5-4-8(12(13)14)6-9(10)11;1-2-6-7(3,4)5/h4-6H,3H2,1-2H3;2H2,1H3,(H,3,4,5)/q+1;/p-1. The molecule has 2 aromatic rings. The maximum Gasteiger partial charge on any atom is 0.276 e. The minimum atomic E-state index is -4.42. The molecule has 1 aromatic carbocycles. The van der Waals surface area contributed by atoms with Crippen molar-refractivity contribution < 1.29 is 26.6 Å². The summed E-state index contributed by atoms with van der Waals surface area (Å²) in [4.78, 5) is 10.3. The van der Waals surface area contributed by atoms with Crippen LogP contribution >= 0.6 is 11.3 Å². The van der Waals surface area contributed by atoms with E-state index in [1.54, 1.807) is 23.5 Å². The van der Waals surface area contributed by atoms with Gasteiger partial charge in [0, 0.05) is 13.0 Å². The summed E-state index contributed by atoms with van der Waals surface area (Å²) in [6, 6.07) is 5.01. The third-order valence-electron chi connectivity index (χ3n) is 2.66. The van der Waals surface area contributed by atoms with Gasteiger partial charge in [-0.2, -0.15) is 4.57 Å². The van der Waals surface area contributed by atoms with E-state index >= 15 is 0 Å². The second kappa shape index (κ2) is 7.58. The topological polar surface area (TPSA) is 113 Å². The second-order valence-electron chi connectivity index (χ2n) is 4.09. The van der Waals surface area contributed by atoms with Crippen LogP contribution in [0, 0.1) is 17.0 Å². The first-order valence-electron chi connectivity index (χ1n) is 6.37. The van der Waals surface area contributed by atoms with Crippen molar-refractivity contribution in [2.45, 2.75) is 27.3 Å². The molecule has 8 nitrogen and oxygen atoms in total. The van der Waals surface area contributed by atoms with Crippen molar-refractivity contribution in [3.8, 4) is 0 Å². The number of aromatic nitrogens is 1. The summed E-state index contributed by atoms with van der Waals surface area (Å²) in [5.41, 5.74) is 1.11. The number of rotatable bonds is 4. The van der Waals surface area contributed by atoms with E-state index in [1.807, 2.05) is 19.9 Å². The van der Waals surface area contributed by atoms with Crippen molar-refractivity contribution >= 4 is 37.6 Å². The average molecular weight is 348 g/mol. The van der Waals surface area contributed by atoms with Gasteiger partial charge in [0.1, 0.15) is 11.2 Å². The van der Waals surface area contributed by atoms with Crippen molar-refractivity contribution in [2.24, 2.45) is 0 Å². The Balaban J connectivity index is 0.000000295. The lowest BCUT2D eigenvalue weighted by atomic mass is 10.3. The van der Waals surface area contributed by atoms with Gasteiger partial charge in [0.15, 0.2) is 0 Å². The molecule has 0 spiro atoms. The van der Waals surface area contributed by atoms with Crippen LogP contribution in [0.5, 0.6) is 0 Å². The maximum absolute atomic E-state index is 10.7. The molecule has 0 radical (unpaired) electrons. The van der Waals surface area contributed by atoms with Gasteiger partial charge in [0.2, 0.25) is 20.9 Å². The fraction of sp³-hybridized carbons (Fsp3) is 0.417. The highest BCUT2D eigenvalue weighted by molar-refractivity contribution is 7.80. The predicted octanol–water partition coefficient (Wildman–Crippen LogP) is 1.91. The molecule has 0 unspecified atom stereocenters. The van der Waals surface area contributed by atoms with E-state index in [1.165, 1.54) is 11.9 Å². The molecule has 2 rings (SSSR count). The van der Waals surface area contributed by atoms with Gasteiger partial charge < -0.3 is 4.55 Å². The predicted molar refractivity (Wildman–Crippen MR) is 80.4 cm³/mol. The number of hydrogen-bond acceptors (Lipinski definition) is 7. The summed E-state index contributed by atoms with van der Waals surface area (Å²) in [5, 5.41) is 11.8. The number of fused-ring (bicyclic) bond motifs is 1. The van der Waals surface area contributed by atoms with E-state index in [4.69, 9.17) is 0 Å². The van der Waals surface area contributed by atoms with E-state index < -0.39 is 10.4 Å². The van der Waals surface area contributed by atoms with E-state index in [0.717, 1.165) is 16.8 Å². The third-order valence-corrected chi connectivity index (χ3v) is 4.27. The van der Waals surface area contributed by atoms with Crippen LogP contribution in [0.2, 0.25) is 0 Å². The Hall–Kier alpha value is -1.62. The molecule has 1 aromatic heterocycles. The third kappa shape index (κ3) is 4.98. The molecule has 0 amide bonds. The monoisotopic (exact) mass is 348 g/mol. The lowest BCUT2D eigenvalue weighted by molar-refractivity contribution is -0.669. The first-order chi connectivity index (χ1) is 10.2. The van der Waals surface area contributed by atoms with Gasteiger partial charge in [0.25, 0.3) is 5.69 Å². The number of nitro groups is 1. The Morgan fingerprint density at radius 1 is 1.36 bits per heavy atom. The number of aryl methyl sites for hydroxylation is 2. The Morgan fingerprint density at radius 3 is 2.41 bits per heavy atom. The zero-order valence-electron chi connectivity index (χ0n) is 12.3. The first-order valence-corrected chi connectivity index (χ1v) is 8.52. The summed E-state index contributed by atoms with van der Waals surface area (Å²) < 4.78 is 35.2. The lowest BCUT2D eigenvalue weighted by Gasteiger charge is -2.02. The van der Waals surface area contributed by atoms with Crippen LogP contribution in [0.15, 0.2) is 18.2 Å². The van der Waals surface area contributed by atoms with Gasteiger partial charge >= 0.3 is 0 Å². The number of nitro benzene ring substituents is 1. The summed E-state index contributed by atoms with van der Waals surface area (Å²) in [5.74, 6) is 0. The molecule has 122 valence electrons. The SMILES string of the molecule is CCOS(=O)(=O)[O-].CC[n+]1c(C)sc2ccc([N+](=O)[O-])cc21. The molecule has 0 aliphatic carbocycles. The lowest BCUT2D eigenvalue weighted by Crippen LogP contribution is -2.33. The highest BCUT2D eigenvalue weighted by Crippen LogP contribution is 2.24. The van der Waals surface area contributed by atoms with E-state index in [0.29, 0.717) is 0 Å². The van der Waals surface area contributed by atoms with Gasteiger partial charge in [-0.1, -0.05) is 11.3 Å². The van der Waals surface area contributed by atoms with Gasteiger partial charge in [-0.3, -0.25) is 14.3 Å². The molecule has 0 fully saturated rings. The van der Waals surface area contributed by atoms with Crippen LogP contribution in [0.4, 0.5) is 5.69 Å². The molecular formula is C12H16N2O6S2. The fourth-order valence-corrected chi connectivity index (χ4v) is 3.19. The van der Waals surface area contributed by atoms with E-state index in [9.17, 15) is 23.1 Å². The van der Waals surface area contributed by atoms with Crippen molar-refractivity contribution in [1.29, 1.82) is 0 Å². The molecular weight excluding hydrogens is 332 g/mol. The summed E-state index contributed by atoms with van der Waals surface area (Å²) in [7, 11) is -4.42. The maximum atomic E-state index is 10.7. The van der Waals surface area contributed by atoms with E-state index in [2.05, 4.69) is 8.75 Å². The number of thiazole rings is 1. The van der Waals surface area contributed by atoms with Gasteiger partial charge in [0.05, 0.1) is 17.6 Å². The van der Waals surface area contributed by atoms with Crippen LogP contribution in [0.3, 0.4) is 0 Å². The number of non-ortho nitro benzene ring substituents is 1. The highest BCUT2D eigenvalue weighted by atomic mass is 32.3. The van der Waals surface area contributed by atoms with Crippen LogP contribution < -0.4 is 4.57 Å². The summed E-state index contributed by atoms with van der Waals surface area (Å²) in [6.07, 6.45) is 0. The van der Waals surface area contributed by atoms with Crippen LogP contribution in [-0.2, 0) is 21.1 Å². The molecule has 0 bridgehead atoms. The molecule has 0 saturated heterocycles. The Labute approximate surface area is 132 Å². The molecule has 0 aliphatic heterocycles. The zero-order valence-corrected chi connectivity index (χ0v) is 13.9. The zero-order chi connectivity index (χ0) is 16.9. The number of nitrogens with zero attached hydrogens (tertiary/aromatic N) is 2. The minimum absolute atomic E-state index is 0.0914. The summed E-state index contributed by atoms with van der Waals surface area (Å²) in [6.45, 7) is 6.24. The molecule has 1 heterocycles. The molecule has 10 heteroatoms. The second-order valence-corrected chi connectivity index (χ2v) is 6.38. The fourth-order valence-electron chi connectivity index (χ4n) is 1.84. The molecule has 0 aliphatic rings. The van der Waals surface area contributed by atoms with Crippen molar-refractivity contribution in [1.82, 2.24) is 0 Å². The summed E-state index contributed by atoms with van der Waals surface area (Å²) >= 11 is 1.66. The minimum Gasteiger partial charge on any atom is -0.726 e. The van der Waals surface area contributed by atoms with Gasteiger partial charge in [-0.25, -0.2) is 8.42 Å². The Bertz CT molecular complexity index is 769. The van der Waals surface area contributed by atoms with Crippen LogP contribution in [-0.4, -0.2) is 24.5 Å². The highest BCUT2D eigenvalue weighted by Gasteiger charge is 2.18. The van der Waals surface area contributed by atoms with Crippen LogP contribution in [0.25, 0.3) is 10.2 Å². The average Bonchev–Trinajstić information content (AvgIpc) is 2.72. The molecule has 0 saturated carbocycles. The number of hydrogen-bond donors (Lipinski definition) is 0. The smallest absolute Gasteiger partial charge is 0.276 e. The Morgan fingerprint density at radius 2 is 2.00 bits per heavy atom. The van der Waals surface area contributed by atoms with Gasteiger partial charge in [-0.15, -0.1) is 0 Å². The first kappa shape index (κ1) is 18.4. The van der Waals surface area contributed by atoms with Crippen molar-refractivity contribution in [3.63, 3.8) is 0 Å². The molecule has 0 N–H and O–H groups in total. The van der Waals surface area contributed by atoms with Gasteiger partial charge in [-0.05, 0) is 19.9 Å². The normalized spacial score (nSPS) is 11.1. The van der Waals surface area contributed by atoms with Crippen molar-refractivity contribution in [3.05, 3.63) is 33.3 Å². The molecule has 0 atom stereocenters. The quantitative estimate of drug-likeness (QED) is 0.274.